The van der Waals surface area contributed by atoms with E-state index >= 15 is 0 Å². The Labute approximate surface area is 124 Å². The van der Waals surface area contributed by atoms with Gasteiger partial charge in [0.15, 0.2) is 0 Å². The Morgan fingerprint density at radius 1 is 1.43 bits per heavy atom. The topological polar surface area (TPSA) is 84.6 Å². The van der Waals surface area contributed by atoms with Gasteiger partial charge >= 0.3 is 0 Å². The van der Waals surface area contributed by atoms with Crippen molar-refractivity contribution in [2.75, 3.05) is 13.1 Å². The van der Waals surface area contributed by atoms with Crippen LogP contribution in [0.1, 0.15) is 25.3 Å². The van der Waals surface area contributed by atoms with Crippen molar-refractivity contribution in [3.8, 4) is 6.07 Å². The van der Waals surface area contributed by atoms with E-state index in [9.17, 15) is 15.0 Å². The summed E-state index contributed by atoms with van der Waals surface area (Å²) in [4.78, 5) is 13.6. The lowest BCUT2D eigenvalue weighted by Crippen LogP contribution is -2.66. The molecule has 2 N–H and O–H groups in total. The van der Waals surface area contributed by atoms with Gasteiger partial charge in [-0.15, -0.1) is 0 Å². The number of hydrogen-bond acceptors (Lipinski definition) is 4. The van der Waals surface area contributed by atoms with E-state index in [1.54, 1.807) is 0 Å². The fraction of sp³-hybridized carbons (Fsp3) is 0.500. The highest BCUT2D eigenvalue weighted by molar-refractivity contribution is 5.85. The van der Waals surface area contributed by atoms with Crippen molar-refractivity contribution in [1.82, 2.24) is 4.90 Å². The van der Waals surface area contributed by atoms with Crippen LogP contribution >= 0.6 is 0 Å². The third-order valence-corrected chi connectivity index (χ3v) is 3.87. The van der Waals surface area contributed by atoms with E-state index in [1.807, 2.05) is 36.4 Å². The van der Waals surface area contributed by atoms with Crippen molar-refractivity contribution in [2.24, 2.45) is 0 Å². The van der Waals surface area contributed by atoms with Crippen LogP contribution in [0.15, 0.2) is 30.3 Å². The Bertz CT molecular complexity index is 542. The first kappa shape index (κ1) is 15.5. The minimum atomic E-state index is -1.45. The number of amides is 1. The highest BCUT2D eigenvalue weighted by Gasteiger charge is 2.47. The summed E-state index contributed by atoms with van der Waals surface area (Å²) >= 11 is 0. The first-order valence-electron chi connectivity index (χ1n) is 7.01. The number of nitrogens with zero attached hydrogens (tertiary/aromatic N) is 2. The molecule has 0 radical (unpaired) electrons. The number of aryl methyl sites for hydroxylation is 1. The van der Waals surface area contributed by atoms with E-state index in [1.165, 1.54) is 11.8 Å². The van der Waals surface area contributed by atoms with E-state index in [0.717, 1.165) is 5.56 Å². The molecule has 1 aliphatic heterocycles. The lowest BCUT2D eigenvalue weighted by atomic mass is 9.87. The zero-order valence-electron chi connectivity index (χ0n) is 12.1. The third kappa shape index (κ3) is 3.60. The summed E-state index contributed by atoms with van der Waals surface area (Å²) in [6.07, 6.45) is 0.932. The van der Waals surface area contributed by atoms with Crippen LogP contribution in [-0.4, -0.2) is 45.3 Å². The summed E-state index contributed by atoms with van der Waals surface area (Å²) < 4.78 is 0. The standard InChI is InChI=1S/C16H20N2O3/c1-15(20,8-7-13-5-3-2-4-6-13)14(19)18-11-16(21,12-18)9-10-17/h2-6,20-21H,7-9,11-12H2,1H3. The maximum atomic E-state index is 12.2. The molecule has 112 valence electrons. The fourth-order valence-corrected chi connectivity index (χ4v) is 2.55. The molecule has 1 fully saturated rings. The van der Waals surface area contributed by atoms with Crippen LogP contribution < -0.4 is 0 Å². The molecule has 0 aliphatic carbocycles. The molecule has 1 aromatic rings. The van der Waals surface area contributed by atoms with Crippen LogP contribution in [0.3, 0.4) is 0 Å². The Balaban J connectivity index is 1.88. The van der Waals surface area contributed by atoms with Gasteiger partial charge in [-0.1, -0.05) is 30.3 Å². The average molecular weight is 288 g/mol. The molecule has 1 unspecified atom stereocenters. The van der Waals surface area contributed by atoms with Gasteiger partial charge in [0.25, 0.3) is 5.91 Å². The quantitative estimate of drug-likeness (QED) is 0.841. The Morgan fingerprint density at radius 3 is 2.62 bits per heavy atom. The molecule has 21 heavy (non-hydrogen) atoms. The second-order valence-electron chi connectivity index (χ2n) is 5.98. The van der Waals surface area contributed by atoms with Crippen molar-refractivity contribution < 1.29 is 15.0 Å². The van der Waals surface area contributed by atoms with E-state index in [-0.39, 0.29) is 25.4 Å². The number of likely N-dealkylation sites (tertiary alicyclic amines) is 1. The van der Waals surface area contributed by atoms with Crippen LogP contribution in [0.5, 0.6) is 0 Å². The maximum absolute atomic E-state index is 12.2. The molecular weight excluding hydrogens is 268 g/mol. The maximum Gasteiger partial charge on any atom is 0.254 e. The predicted molar refractivity (Wildman–Crippen MR) is 77.1 cm³/mol. The molecule has 0 aromatic heterocycles. The van der Waals surface area contributed by atoms with Crippen molar-refractivity contribution >= 4 is 5.91 Å². The number of carbonyl (C=O) groups excluding carboxylic acids is 1. The highest BCUT2D eigenvalue weighted by atomic mass is 16.3. The van der Waals surface area contributed by atoms with Gasteiger partial charge < -0.3 is 15.1 Å². The van der Waals surface area contributed by atoms with Gasteiger partial charge in [0.05, 0.1) is 25.6 Å². The van der Waals surface area contributed by atoms with Gasteiger partial charge in [-0.3, -0.25) is 4.79 Å². The summed E-state index contributed by atoms with van der Waals surface area (Å²) in [5.74, 6) is -0.388. The average Bonchev–Trinajstić information content (AvgIpc) is 2.43. The van der Waals surface area contributed by atoms with Gasteiger partial charge in [-0.25, -0.2) is 0 Å². The van der Waals surface area contributed by atoms with Crippen molar-refractivity contribution in [3.05, 3.63) is 35.9 Å². The first-order chi connectivity index (χ1) is 9.86. The Kier molecular flexibility index (Phi) is 4.31. The SMILES string of the molecule is CC(O)(CCc1ccccc1)C(=O)N1CC(O)(CC#N)C1. The minimum absolute atomic E-state index is 0.00291. The smallest absolute Gasteiger partial charge is 0.254 e. The van der Waals surface area contributed by atoms with Gasteiger partial charge in [-0.2, -0.15) is 5.26 Å². The lowest BCUT2D eigenvalue weighted by molar-refractivity contribution is -0.172. The first-order valence-corrected chi connectivity index (χ1v) is 7.01. The van der Waals surface area contributed by atoms with Crippen LogP contribution in [0.25, 0.3) is 0 Å². The normalized spacial score (nSPS) is 19.2. The summed E-state index contributed by atoms with van der Waals surface area (Å²) in [7, 11) is 0. The lowest BCUT2D eigenvalue weighted by Gasteiger charge is -2.47. The molecule has 2 rings (SSSR count). The van der Waals surface area contributed by atoms with Gasteiger partial charge in [-0.05, 0) is 25.3 Å². The number of benzene rings is 1. The van der Waals surface area contributed by atoms with Crippen molar-refractivity contribution in [2.45, 2.75) is 37.4 Å². The van der Waals surface area contributed by atoms with Crippen LogP contribution in [0, 0.1) is 11.3 Å². The fourth-order valence-electron chi connectivity index (χ4n) is 2.55. The summed E-state index contributed by atoms with van der Waals surface area (Å²) in [6.45, 7) is 1.72. The molecule has 5 heteroatoms. The summed E-state index contributed by atoms with van der Waals surface area (Å²) in [5, 5.41) is 28.8. The molecule has 5 nitrogen and oxygen atoms in total. The molecule has 0 saturated carbocycles. The number of β-amino-alcohol motifs (C(OH)–C–C–N with tert-alkyl or cyclic N) is 1. The molecule has 1 saturated heterocycles. The third-order valence-electron chi connectivity index (χ3n) is 3.87. The van der Waals surface area contributed by atoms with E-state index in [2.05, 4.69) is 0 Å². The van der Waals surface area contributed by atoms with Gasteiger partial charge in [0.1, 0.15) is 11.2 Å². The zero-order chi connectivity index (χ0) is 15.5. The number of nitriles is 1. The molecule has 0 spiro atoms. The van der Waals surface area contributed by atoms with Gasteiger partial charge in [0.2, 0.25) is 0 Å². The highest BCUT2D eigenvalue weighted by Crippen LogP contribution is 2.28. The Hall–Kier alpha value is -1.90. The minimum Gasteiger partial charge on any atom is -0.385 e. The summed E-state index contributed by atoms with van der Waals surface area (Å²) in [5.41, 5.74) is -1.50. The largest absolute Gasteiger partial charge is 0.385 e. The second-order valence-corrected chi connectivity index (χ2v) is 5.98. The molecular formula is C16H20N2O3. The van der Waals surface area contributed by atoms with Crippen LogP contribution in [0.2, 0.25) is 0 Å². The van der Waals surface area contributed by atoms with Gasteiger partial charge in [0, 0.05) is 0 Å². The van der Waals surface area contributed by atoms with Crippen molar-refractivity contribution in [1.29, 1.82) is 5.26 Å². The molecule has 1 heterocycles. The van der Waals surface area contributed by atoms with E-state index in [0.29, 0.717) is 12.8 Å². The molecule has 1 aliphatic rings. The van der Waals surface area contributed by atoms with E-state index in [4.69, 9.17) is 5.26 Å². The molecule has 0 bridgehead atoms. The summed E-state index contributed by atoms with van der Waals surface area (Å²) in [6, 6.07) is 11.6. The molecule has 1 aromatic carbocycles. The van der Waals surface area contributed by atoms with Crippen LogP contribution in [0.4, 0.5) is 0 Å². The molecule has 1 atom stereocenters. The number of aliphatic hydroxyl groups is 2. The Morgan fingerprint density at radius 2 is 2.05 bits per heavy atom. The second kappa shape index (κ2) is 5.84. The predicted octanol–water partition coefficient (Wildman–Crippen LogP) is 0.857. The number of carbonyl (C=O) groups is 1. The number of hydrogen-bond donors (Lipinski definition) is 2. The van der Waals surface area contributed by atoms with Crippen LogP contribution in [-0.2, 0) is 11.2 Å². The van der Waals surface area contributed by atoms with Crippen molar-refractivity contribution in [3.63, 3.8) is 0 Å². The number of rotatable bonds is 5. The monoisotopic (exact) mass is 288 g/mol. The zero-order valence-corrected chi connectivity index (χ0v) is 12.1. The van der Waals surface area contributed by atoms with E-state index < -0.39 is 11.2 Å². The molecule has 1 amide bonds.